The van der Waals surface area contributed by atoms with Crippen molar-refractivity contribution in [2.24, 2.45) is 0 Å². The second-order valence-electron chi connectivity index (χ2n) is 2.77. The van der Waals surface area contributed by atoms with Crippen LogP contribution in [-0.4, -0.2) is 9.97 Å². The lowest BCUT2D eigenvalue weighted by Crippen LogP contribution is -1.89. The minimum absolute atomic E-state index is 0.521. The molecule has 0 saturated carbocycles. The summed E-state index contributed by atoms with van der Waals surface area (Å²) in [6.07, 6.45) is 0. The van der Waals surface area contributed by atoms with Crippen LogP contribution in [0.5, 0.6) is 0 Å². The first-order valence-corrected chi connectivity index (χ1v) is 3.81. The second kappa shape index (κ2) is 2.58. The Morgan fingerprint density at radius 2 is 1.90 bits per heavy atom. The van der Waals surface area contributed by atoms with Crippen LogP contribution in [0.15, 0.2) is 0 Å². The Kier molecular flexibility index (Phi) is 1.94. The highest BCUT2D eigenvalue weighted by atomic mass is 32.1. The van der Waals surface area contributed by atoms with Gasteiger partial charge in [0.2, 0.25) is 0 Å². The minimum Gasteiger partial charge on any atom is -0.335 e. The largest absolute Gasteiger partial charge is 0.335 e. The van der Waals surface area contributed by atoms with E-state index in [4.69, 9.17) is 12.2 Å². The highest BCUT2D eigenvalue weighted by Gasteiger charge is 2.03. The lowest BCUT2D eigenvalue weighted by atomic mass is 10.1. The molecule has 0 atom stereocenters. The molecular weight excluding hydrogens is 144 g/mol. The van der Waals surface area contributed by atoms with Crippen molar-refractivity contribution in [1.82, 2.24) is 9.97 Å². The van der Waals surface area contributed by atoms with Crippen molar-refractivity contribution in [2.45, 2.75) is 26.7 Å². The summed E-state index contributed by atoms with van der Waals surface area (Å²) in [5, 5.41) is 0. The fraction of sp³-hybridized carbons (Fsp3) is 0.571. The van der Waals surface area contributed by atoms with Gasteiger partial charge in [-0.3, -0.25) is 0 Å². The maximum Gasteiger partial charge on any atom is 0.174 e. The summed E-state index contributed by atoms with van der Waals surface area (Å²) in [7, 11) is 0. The smallest absolute Gasteiger partial charge is 0.174 e. The van der Waals surface area contributed by atoms with Crippen LogP contribution in [-0.2, 0) is 0 Å². The van der Waals surface area contributed by atoms with Crippen LogP contribution >= 0.6 is 12.2 Å². The molecule has 0 radical (unpaired) electrons. The number of aromatic nitrogens is 2. The number of hydrogen-bond acceptors (Lipinski definition) is 1. The van der Waals surface area contributed by atoms with Gasteiger partial charge in [-0.15, -0.1) is 0 Å². The van der Waals surface area contributed by atoms with Crippen LogP contribution in [0.3, 0.4) is 0 Å². The first-order chi connectivity index (χ1) is 4.61. The average Bonchev–Trinajstić information content (AvgIpc) is 2.10. The normalized spacial score (nSPS) is 10.8. The van der Waals surface area contributed by atoms with E-state index in [0.29, 0.717) is 5.92 Å². The first-order valence-electron chi connectivity index (χ1n) is 3.40. The molecule has 0 fully saturated rings. The zero-order valence-electron chi connectivity index (χ0n) is 6.49. The number of H-pyrrole nitrogens is 2. The molecular formula is C7H12N2S. The van der Waals surface area contributed by atoms with E-state index in [-0.39, 0.29) is 0 Å². The van der Waals surface area contributed by atoms with E-state index in [1.54, 1.807) is 0 Å². The quantitative estimate of drug-likeness (QED) is 0.601. The van der Waals surface area contributed by atoms with Crippen LogP contribution in [0.2, 0.25) is 0 Å². The molecule has 0 spiro atoms. The van der Waals surface area contributed by atoms with Gasteiger partial charge >= 0.3 is 0 Å². The predicted molar refractivity (Wildman–Crippen MR) is 44.8 cm³/mol. The molecule has 1 aromatic rings. The van der Waals surface area contributed by atoms with E-state index in [1.807, 2.05) is 6.92 Å². The van der Waals surface area contributed by atoms with Crippen molar-refractivity contribution in [3.63, 3.8) is 0 Å². The number of imidazole rings is 1. The highest BCUT2D eigenvalue weighted by molar-refractivity contribution is 7.71. The molecule has 2 nitrogen and oxygen atoms in total. The Balaban J connectivity index is 3.15. The van der Waals surface area contributed by atoms with Gasteiger partial charge in [0.25, 0.3) is 0 Å². The third-order valence-corrected chi connectivity index (χ3v) is 1.73. The van der Waals surface area contributed by atoms with Gasteiger partial charge in [0.05, 0.1) is 0 Å². The summed E-state index contributed by atoms with van der Waals surface area (Å²) >= 11 is 4.93. The van der Waals surface area contributed by atoms with E-state index in [2.05, 4.69) is 23.8 Å². The second-order valence-corrected chi connectivity index (χ2v) is 3.18. The first kappa shape index (κ1) is 7.54. The van der Waals surface area contributed by atoms with Gasteiger partial charge in [0.15, 0.2) is 4.77 Å². The standard InChI is InChI=1S/C7H12N2S/c1-4(2)6-5(3)8-7(10)9-6/h4H,1-3H3,(H2,8,9,10). The Hall–Kier alpha value is -0.570. The molecule has 0 aliphatic rings. The topological polar surface area (TPSA) is 31.6 Å². The zero-order valence-corrected chi connectivity index (χ0v) is 7.30. The molecule has 10 heavy (non-hydrogen) atoms. The van der Waals surface area contributed by atoms with Gasteiger partial charge in [-0.25, -0.2) is 0 Å². The molecule has 0 saturated heterocycles. The third kappa shape index (κ3) is 1.29. The van der Waals surface area contributed by atoms with Gasteiger partial charge in [-0.1, -0.05) is 13.8 Å². The number of aromatic amines is 2. The van der Waals surface area contributed by atoms with E-state index >= 15 is 0 Å². The summed E-state index contributed by atoms with van der Waals surface area (Å²) in [5.41, 5.74) is 2.37. The number of rotatable bonds is 1. The third-order valence-electron chi connectivity index (χ3n) is 1.53. The summed E-state index contributed by atoms with van der Waals surface area (Å²) < 4.78 is 0.723. The lowest BCUT2D eigenvalue weighted by Gasteiger charge is -2.00. The molecule has 0 unspecified atom stereocenters. The zero-order chi connectivity index (χ0) is 7.72. The van der Waals surface area contributed by atoms with E-state index in [0.717, 1.165) is 10.5 Å². The summed E-state index contributed by atoms with van der Waals surface area (Å²) in [4.78, 5) is 6.15. The number of hydrogen-bond donors (Lipinski definition) is 2. The van der Waals surface area contributed by atoms with Gasteiger partial charge in [-0.05, 0) is 25.1 Å². The van der Waals surface area contributed by atoms with Gasteiger partial charge in [0.1, 0.15) is 0 Å². The van der Waals surface area contributed by atoms with Crippen molar-refractivity contribution < 1.29 is 0 Å². The Labute approximate surface area is 65.7 Å². The fourth-order valence-corrected chi connectivity index (χ4v) is 1.33. The molecule has 3 heteroatoms. The molecule has 1 aromatic heterocycles. The van der Waals surface area contributed by atoms with Crippen LogP contribution in [0.1, 0.15) is 31.2 Å². The van der Waals surface area contributed by atoms with Crippen molar-refractivity contribution in [1.29, 1.82) is 0 Å². The Morgan fingerprint density at radius 3 is 2.10 bits per heavy atom. The van der Waals surface area contributed by atoms with Crippen molar-refractivity contribution >= 4 is 12.2 Å². The van der Waals surface area contributed by atoms with Gasteiger partial charge in [0, 0.05) is 11.4 Å². The Morgan fingerprint density at radius 1 is 1.30 bits per heavy atom. The monoisotopic (exact) mass is 156 g/mol. The van der Waals surface area contributed by atoms with Gasteiger partial charge in [-0.2, -0.15) is 0 Å². The van der Waals surface area contributed by atoms with Crippen molar-refractivity contribution in [3.8, 4) is 0 Å². The van der Waals surface area contributed by atoms with Crippen LogP contribution in [0, 0.1) is 11.7 Å². The highest BCUT2D eigenvalue weighted by Crippen LogP contribution is 2.13. The molecule has 0 aliphatic carbocycles. The SMILES string of the molecule is Cc1[nH]c(=S)[nH]c1C(C)C. The molecule has 1 heterocycles. The van der Waals surface area contributed by atoms with Crippen LogP contribution in [0.25, 0.3) is 0 Å². The predicted octanol–water partition coefficient (Wildman–Crippen LogP) is 2.50. The van der Waals surface area contributed by atoms with E-state index in [9.17, 15) is 0 Å². The molecule has 56 valence electrons. The Bertz CT molecular complexity index is 269. The molecule has 1 rings (SSSR count). The van der Waals surface area contributed by atoms with E-state index in [1.165, 1.54) is 5.69 Å². The number of nitrogens with one attached hydrogen (secondary N) is 2. The summed E-state index contributed by atoms with van der Waals surface area (Å²) in [6, 6.07) is 0. The lowest BCUT2D eigenvalue weighted by molar-refractivity contribution is 0.821. The minimum atomic E-state index is 0.521. The van der Waals surface area contributed by atoms with Crippen molar-refractivity contribution in [2.75, 3.05) is 0 Å². The molecule has 0 aromatic carbocycles. The summed E-state index contributed by atoms with van der Waals surface area (Å²) in [6.45, 7) is 6.31. The molecule has 0 amide bonds. The van der Waals surface area contributed by atoms with Crippen LogP contribution < -0.4 is 0 Å². The van der Waals surface area contributed by atoms with Gasteiger partial charge < -0.3 is 9.97 Å². The summed E-state index contributed by atoms with van der Waals surface area (Å²) in [5.74, 6) is 0.521. The maximum atomic E-state index is 4.93. The fourth-order valence-electron chi connectivity index (χ4n) is 1.06. The van der Waals surface area contributed by atoms with Crippen molar-refractivity contribution in [3.05, 3.63) is 16.2 Å². The number of aryl methyl sites for hydroxylation is 1. The van der Waals surface area contributed by atoms with E-state index < -0.39 is 0 Å². The average molecular weight is 156 g/mol. The maximum absolute atomic E-state index is 4.93. The molecule has 0 aliphatic heterocycles. The molecule has 0 bridgehead atoms. The van der Waals surface area contributed by atoms with Crippen LogP contribution in [0.4, 0.5) is 0 Å². The molecule has 2 N–H and O–H groups in total.